The van der Waals surface area contributed by atoms with Gasteiger partial charge in [0.05, 0.1) is 0 Å². The van der Waals surface area contributed by atoms with Gasteiger partial charge in [-0.3, -0.25) is 9.59 Å². The average Bonchev–Trinajstić information content (AvgIpc) is 3.00. The minimum Gasteiger partial charge on any atom is -0.458 e. The van der Waals surface area contributed by atoms with Gasteiger partial charge < -0.3 is 25.0 Å². The largest absolute Gasteiger partial charge is 0.458 e. The van der Waals surface area contributed by atoms with Crippen LogP contribution in [0.3, 0.4) is 0 Å². The van der Waals surface area contributed by atoms with Crippen LogP contribution in [0.25, 0.3) is 0 Å². The summed E-state index contributed by atoms with van der Waals surface area (Å²) in [5, 5.41) is 5.78. The first-order valence-electron chi connectivity index (χ1n) is 17.4. The Kier molecular flexibility index (Phi) is 14.2. The molecule has 50 heavy (non-hydrogen) atoms. The summed E-state index contributed by atoms with van der Waals surface area (Å²) in [6, 6.07) is 21.4. The van der Waals surface area contributed by atoms with Gasteiger partial charge in [0.2, 0.25) is 11.8 Å². The van der Waals surface area contributed by atoms with E-state index in [0.29, 0.717) is 12.0 Å². The van der Waals surface area contributed by atoms with E-state index in [4.69, 9.17) is 9.47 Å². The minimum atomic E-state index is -1.12. The number of alkyl carbamates (subject to hydrolysis) is 1. The number of carbonyl (C=O) groups is 4. The third-order valence-corrected chi connectivity index (χ3v) is 7.72. The molecule has 0 heterocycles. The van der Waals surface area contributed by atoms with Crippen LogP contribution in [0.4, 0.5) is 4.79 Å². The fraction of sp³-hybridized carbons (Fsp3) is 0.463. The fourth-order valence-corrected chi connectivity index (χ4v) is 5.70. The average molecular weight is 686 g/mol. The molecule has 0 saturated carbocycles. The predicted molar refractivity (Wildman–Crippen MR) is 197 cm³/mol. The summed E-state index contributed by atoms with van der Waals surface area (Å²) >= 11 is 0. The van der Waals surface area contributed by atoms with E-state index in [1.807, 2.05) is 99.6 Å². The summed E-state index contributed by atoms with van der Waals surface area (Å²) in [5.74, 6) is -1.54. The fourth-order valence-electron chi connectivity index (χ4n) is 5.70. The molecular weight excluding hydrogens is 630 g/mol. The van der Waals surface area contributed by atoms with Gasteiger partial charge in [-0.1, -0.05) is 103 Å². The highest BCUT2D eigenvalue weighted by atomic mass is 16.6. The monoisotopic (exact) mass is 685 g/mol. The van der Waals surface area contributed by atoms with Crippen molar-refractivity contribution in [3.63, 3.8) is 0 Å². The maximum Gasteiger partial charge on any atom is 0.408 e. The van der Waals surface area contributed by atoms with Crippen LogP contribution in [0.1, 0.15) is 95.2 Å². The molecule has 0 aromatic heterocycles. The molecule has 270 valence electrons. The van der Waals surface area contributed by atoms with Gasteiger partial charge in [-0.05, 0) is 78.5 Å². The highest BCUT2D eigenvalue weighted by Crippen LogP contribution is 2.27. The van der Waals surface area contributed by atoms with Crippen LogP contribution in [0.2, 0.25) is 0 Å². The SMILES string of the molecule is CCCCN(C(=O)C(Cc1ccccc1)NC(=O)OC(C)(C)C)C(C(=O)NC(Cc1ccccc1)C(=O)OC(C)(C)C)c1cc(C)cc(C)c1. The summed E-state index contributed by atoms with van der Waals surface area (Å²) in [6.07, 6.45) is 0.993. The van der Waals surface area contributed by atoms with Gasteiger partial charge in [-0.2, -0.15) is 0 Å². The van der Waals surface area contributed by atoms with Crippen molar-refractivity contribution in [2.45, 2.75) is 117 Å². The number of carbonyl (C=O) groups excluding carboxylic acids is 4. The predicted octanol–water partition coefficient (Wildman–Crippen LogP) is 7.18. The molecule has 0 aliphatic heterocycles. The number of amides is 3. The number of unbranched alkanes of at least 4 members (excludes halogenated alkanes) is 1. The highest BCUT2D eigenvalue weighted by molar-refractivity contribution is 5.94. The van der Waals surface area contributed by atoms with Crippen molar-refractivity contribution in [2.24, 2.45) is 0 Å². The molecule has 2 N–H and O–H groups in total. The third-order valence-electron chi connectivity index (χ3n) is 7.72. The first-order chi connectivity index (χ1) is 23.5. The zero-order chi connectivity index (χ0) is 37.1. The number of rotatable bonds is 14. The van der Waals surface area contributed by atoms with Crippen molar-refractivity contribution < 1.29 is 28.7 Å². The molecule has 0 fully saturated rings. The van der Waals surface area contributed by atoms with Crippen LogP contribution >= 0.6 is 0 Å². The lowest BCUT2D eigenvalue weighted by atomic mass is 9.96. The number of hydrogen-bond acceptors (Lipinski definition) is 6. The normalized spacial score (nSPS) is 13.4. The Bertz CT molecular complexity index is 1560. The Morgan fingerprint density at radius 3 is 1.68 bits per heavy atom. The second-order valence-electron chi connectivity index (χ2n) is 14.9. The highest BCUT2D eigenvalue weighted by Gasteiger charge is 2.38. The van der Waals surface area contributed by atoms with Gasteiger partial charge in [0, 0.05) is 19.4 Å². The molecule has 3 unspecified atom stereocenters. The maximum absolute atomic E-state index is 14.8. The van der Waals surface area contributed by atoms with E-state index < -0.39 is 53.2 Å². The minimum absolute atomic E-state index is 0.178. The van der Waals surface area contributed by atoms with E-state index in [0.717, 1.165) is 28.7 Å². The zero-order valence-electron chi connectivity index (χ0n) is 31.2. The van der Waals surface area contributed by atoms with Crippen LogP contribution in [0.5, 0.6) is 0 Å². The van der Waals surface area contributed by atoms with Crippen LogP contribution in [-0.4, -0.2) is 58.6 Å². The first-order valence-corrected chi connectivity index (χ1v) is 17.4. The molecule has 9 heteroatoms. The Morgan fingerprint density at radius 2 is 1.20 bits per heavy atom. The Hall–Kier alpha value is -4.66. The number of nitrogens with one attached hydrogen (secondary N) is 2. The van der Waals surface area contributed by atoms with Crippen LogP contribution in [0, 0.1) is 13.8 Å². The van der Waals surface area contributed by atoms with Gasteiger partial charge in [0.25, 0.3) is 0 Å². The molecule has 0 bridgehead atoms. The molecule has 3 atom stereocenters. The molecule has 3 aromatic rings. The standard InChI is InChI=1S/C41H55N3O6/c1-10-11-22-44(37(46)33(26-30-18-14-12-15-19-30)43-39(48)50-41(7,8)9)35(32-24-28(2)23-29(3)25-32)36(45)42-34(38(47)49-40(4,5)6)27-31-20-16-13-17-21-31/h12-21,23-25,33-35H,10-11,22,26-27H2,1-9H3,(H,42,45)(H,43,48). The number of esters is 1. The summed E-state index contributed by atoms with van der Waals surface area (Å²) in [5.41, 5.74) is 2.53. The Balaban J connectivity index is 2.13. The van der Waals surface area contributed by atoms with Crippen molar-refractivity contribution in [2.75, 3.05) is 6.54 Å². The molecule has 0 aliphatic rings. The van der Waals surface area contributed by atoms with E-state index >= 15 is 0 Å². The van der Waals surface area contributed by atoms with E-state index in [1.54, 1.807) is 41.5 Å². The summed E-state index contributed by atoms with van der Waals surface area (Å²) < 4.78 is 11.3. The second kappa shape index (κ2) is 17.8. The van der Waals surface area contributed by atoms with E-state index in [9.17, 15) is 19.2 Å². The molecule has 0 aliphatic carbocycles. The number of ether oxygens (including phenoxy) is 2. The smallest absolute Gasteiger partial charge is 0.408 e. The lowest BCUT2D eigenvalue weighted by Crippen LogP contribution is -2.55. The zero-order valence-corrected chi connectivity index (χ0v) is 31.2. The lowest BCUT2D eigenvalue weighted by Gasteiger charge is -2.35. The molecule has 0 radical (unpaired) electrons. The van der Waals surface area contributed by atoms with Crippen LogP contribution in [-0.2, 0) is 36.7 Å². The molecule has 9 nitrogen and oxygen atoms in total. The lowest BCUT2D eigenvalue weighted by molar-refractivity contribution is -0.159. The Labute approximate surface area is 298 Å². The quantitative estimate of drug-likeness (QED) is 0.174. The third kappa shape index (κ3) is 13.0. The van der Waals surface area contributed by atoms with Crippen molar-refractivity contribution in [1.82, 2.24) is 15.5 Å². The molecular formula is C41H55N3O6. The van der Waals surface area contributed by atoms with Crippen LogP contribution < -0.4 is 10.6 Å². The first kappa shape index (κ1) is 39.8. The summed E-state index contributed by atoms with van der Waals surface area (Å²) in [7, 11) is 0. The summed E-state index contributed by atoms with van der Waals surface area (Å²) in [6.45, 7) is 16.7. The van der Waals surface area contributed by atoms with E-state index in [2.05, 4.69) is 10.6 Å². The van der Waals surface area contributed by atoms with E-state index in [1.165, 1.54) is 4.90 Å². The van der Waals surface area contributed by atoms with Crippen LogP contribution in [0.15, 0.2) is 78.9 Å². The van der Waals surface area contributed by atoms with Gasteiger partial charge in [0.15, 0.2) is 0 Å². The molecule has 3 aromatic carbocycles. The number of aryl methyl sites for hydroxylation is 2. The number of nitrogens with zero attached hydrogens (tertiary/aromatic N) is 1. The van der Waals surface area contributed by atoms with Crippen molar-refractivity contribution in [3.8, 4) is 0 Å². The molecule has 0 saturated heterocycles. The van der Waals surface area contributed by atoms with Crippen molar-refractivity contribution in [3.05, 3.63) is 107 Å². The van der Waals surface area contributed by atoms with Crippen molar-refractivity contribution >= 4 is 23.9 Å². The number of benzene rings is 3. The summed E-state index contributed by atoms with van der Waals surface area (Å²) in [4.78, 5) is 57.8. The van der Waals surface area contributed by atoms with Gasteiger partial charge in [0.1, 0.15) is 29.3 Å². The van der Waals surface area contributed by atoms with Gasteiger partial charge >= 0.3 is 12.1 Å². The van der Waals surface area contributed by atoms with Gasteiger partial charge in [-0.15, -0.1) is 0 Å². The van der Waals surface area contributed by atoms with Crippen molar-refractivity contribution in [1.29, 1.82) is 0 Å². The Morgan fingerprint density at radius 1 is 0.700 bits per heavy atom. The van der Waals surface area contributed by atoms with E-state index in [-0.39, 0.29) is 19.4 Å². The topological polar surface area (TPSA) is 114 Å². The second-order valence-corrected chi connectivity index (χ2v) is 14.9. The maximum atomic E-state index is 14.8. The van der Waals surface area contributed by atoms with Gasteiger partial charge in [-0.25, -0.2) is 9.59 Å². The molecule has 3 amide bonds. The molecule has 3 rings (SSSR count). The number of hydrogen-bond donors (Lipinski definition) is 2. The molecule has 0 spiro atoms.